The molecule has 7 nitrogen and oxygen atoms in total. The summed E-state index contributed by atoms with van der Waals surface area (Å²) in [6, 6.07) is 8.35. The Kier molecular flexibility index (Phi) is 5.56. The third-order valence-electron chi connectivity index (χ3n) is 5.38. The zero-order valence-electron chi connectivity index (χ0n) is 15.9. The topological polar surface area (TPSA) is 83.2 Å². The lowest BCUT2D eigenvalue weighted by atomic mass is 9.99. The summed E-state index contributed by atoms with van der Waals surface area (Å²) in [5, 5.41) is 5.88. The number of likely N-dealkylation sites (tertiary alicyclic amines) is 1. The molecule has 0 saturated carbocycles. The molecule has 2 aromatic heterocycles. The molecule has 148 valence electrons. The number of hydrogen-bond donors (Lipinski definition) is 2. The molecule has 9 heteroatoms. The first-order valence-corrected chi connectivity index (χ1v) is 10.8. The number of carbonyl (C=O) groups is 1. The average Bonchev–Trinajstić information content (AvgIpc) is 3.23. The van der Waals surface area contributed by atoms with Gasteiger partial charge in [-0.3, -0.25) is 4.79 Å². The van der Waals surface area contributed by atoms with Crippen LogP contribution in [0.2, 0.25) is 0 Å². The number of nitrogens with two attached hydrogens (primary N) is 1. The number of para-hydroxylation sites is 1. The number of fused-ring (bicyclic) bond motifs is 1. The van der Waals surface area contributed by atoms with Crippen molar-refractivity contribution in [1.82, 2.24) is 19.3 Å². The van der Waals surface area contributed by atoms with Crippen LogP contribution in [0, 0.1) is 4.77 Å². The van der Waals surface area contributed by atoms with Crippen molar-refractivity contribution >= 4 is 39.7 Å². The van der Waals surface area contributed by atoms with Crippen molar-refractivity contribution in [2.24, 2.45) is 12.8 Å². The normalized spacial score (nSPS) is 19.9. The van der Waals surface area contributed by atoms with Gasteiger partial charge >= 0.3 is 0 Å². The Bertz CT molecular complexity index is 1020. The quantitative estimate of drug-likeness (QED) is 0.594. The maximum atomic E-state index is 11.1. The van der Waals surface area contributed by atoms with Crippen molar-refractivity contribution in [3.8, 4) is 0 Å². The second kappa shape index (κ2) is 8.10. The van der Waals surface area contributed by atoms with E-state index in [0.717, 1.165) is 31.1 Å². The first kappa shape index (κ1) is 19.2. The molecule has 0 radical (unpaired) electrons. The predicted octanol–water partition coefficient (Wildman–Crippen LogP) is 1.40. The van der Waals surface area contributed by atoms with Gasteiger partial charge in [-0.2, -0.15) is 9.78 Å². The minimum Gasteiger partial charge on any atom is -0.370 e. The van der Waals surface area contributed by atoms with Gasteiger partial charge in [0, 0.05) is 19.9 Å². The van der Waals surface area contributed by atoms with Gasteiger partial charge in [0.05, 0.1) is 29.2 Å². The van der Waals surface area contributed by atoms with Gasteiger partial charge in [-0.25, -0.2) is 4.98 Å². The molecule has 3 N–H and O–H groups in total. The van der Waals surface area contributed by atoms with E-state index in [4.69, 9.17) is 22.9 Å². The molecule has 1 aromatic carbocycles. The zero-order valence-corrected chi connectivity index (χ0v) is 17.6. The van der Waals surface area contributed by atoms with Gasteiger partial charge in [-0.05, 0) is 37.2 Å². The molecule has 1 unspecified atom stereocenters. The Morgan fingerprint density at radius 1 is 1.43 bits per heavy atom. The number of thiazole rings is 1. The number of quaternary nitrogens is 1. The van der Waals surface area contributed by atoms with E-state index in [-0.39, 0.29) is 12.3 Å². The number of piperidine rings is 1. The third-order valence-corrected chi connectivity index (χ3v) is 7.06. The smallest absolute Gasteiger partial charge is 0.217 e. The lowest BCUT2D eigenvalue weighted by Gasteiger charge is -2.28. The molecular formula is C19H25N6OS2+. The Balaban J connectivity index is 1.47. The van der Waals surface area contributed by atoms with E-state index in [1.54, 1.807) is 0 Å². The van der Waals surface area contributed by atoms with Crippen molar-refractivity contribution in [3.63, 3.8) is 0 Å². The number of aryl methyl sites for hydroxylation is 1. The van der Waals surface area contributed by atoms with Gasteiger partial charge in [0.15, 0.2) is 6.67 Å². The molecule has 1 amide bonds. The number of hydrogen-bond acceptors (Lipinski definition) is 5. The van der Waals surface area contributed by atoms with E-state index in [0.29, 0.717) is 17.1 Å². The van der Waals surface area contributed by atoms with E-state index in [1.807, 2.05) is 33.7 Å². The highest BCUT2D eigenvalue weighted by Crippen LogP contribution is 2.30. The van der Waals surface area contributed by atoms with Crippen LogP contribution >= 0.6 is 23.6 Å². The van der Waals surface area contributed by atoms with Crippen LogP contribution in [-0.4, -0.2) is 38.3 Å². The Labute approximate surface area is 172 Å². The third kappa shape index (κ3) is 4.01. The predicted molar refractivity (Wildman–Crippen MR) is 112 cm³/mol. The largest absolute Gasteiger partial charge is 0.370 e. The Hall–Kier alpha value is -2.10. The van der Waals surface area contributed by atoms with Gasteiger partial charge in [0.1, 0.15) is 10.8 Å². The highest BCUT2D eigenvalue weighted by molar-refractivity contribution is 7.71. The van der Waals surface area contributed by atoms with E-state index in [9.17, 15) is 4.79 Å². The number of aromatic nitrogens is 4. The van der Waals surface area contributed by atoms with E-state index >= 15 is 0 Å². The molecule has 0 spiro atoms. The first-order chi connectivity index (χ1) is 13.5. The molecule has 1 aliphatic rings. The molecule has 1 aliphatic heterocycles. The second-order valence-corrected chi connectivity index (χ2v) is 8.87. The maximum Gasteiger partial charge on any atom is 0.217 e. The highest BCUT2D eigenvalue weighted by atomic mass is 32.1. The number of nitrogens with zero attached hydrogens (tertiary/aromatic N) is 4. The van der Waals surface area contributed by atoms with Crippen LogP contribution in [0.15, 0.2) is 24.3 Å². The molecule has 28 heavy (non-hydrogen) atoms. The number of carbonyl (C=O) groups excluding carboxylic acids is 1. The van der Waals surface area contributed by atoms with Crippen molar-refractivity contribution in [2.45, 2.75) is 38.3 Å². The maximum absolute atomic E-state index is 11.1. The Morgan fingerprint density at radius 3 is 3.04 bits per heavy atom. The highest BCUT2D eigenvalue weighted by Gasteiger charge is 2.27. The van der Waals surface area contributed by atoms with Crippen LogP contribution in [0.1, 0.15) is 36.0 Å². The molecule has 1 fully saturated rings. The molecule has 1 saturated heterocycles. The summed E-state index contributed by atoms with van der Waals surface area (Å²) in [5.41, 5.74) is 6.36. The summed E-state index contributed by atoms with van der Waals surface area (Å²) in [4.78, 5) is 17.4. The van der Waals surface area contributed by atoms with Crippen LogP contribution in [-0.2, 0) is 24.9 Å². The van der Waals surface area contributed by atoms with Crippen LogP contribution < -0.4 is 10.6 Å². The zero-order chi connectivity index (χ0) is 19.7. The standard InChI is InChI=1S/C19H24N6OS2/c1-23-17(9-8-16(20)26)22-25(19(23)27)12-24-10-4-5-13(11-24)18-21-14-6-2-3-7-15(14)28-18/h2-3,6-7,13H,4-5,8-12H2,1H3,(H2,20,26)/p+1/t13-/m0/s1. The average molecular weight is 418 g/mol. The van der Waals surface area contributed by atoms with Gasteiger partial charge in [0.25, 0.3) is 0 Å². The first-order valence-electron chi connectivity index (χ1n) is 9.61. The van der Waals surface area contributed by atoms with E-state index < -0.39 is 0 Å². The van der Waals surface area contributed by atoms with Gasteiger partial charge in [-0.15, -0.1) is 11.3 Å². The number of rotatable bonds is 6. The molecule has 3 heterocycles. The van der Waals surface area contributed by atoms with Crippen molar-refractivity contribution in [3.05, 3.63) is 39.9 Å². The number of primary amides is 1. The second-order valence-electron chi connectivity index (χ2n) is 7.44. The fraction of sp³-hybridized carbons (Fsp3) is 0.474. The molecule has 0 aliphatic carbocycles. The number of benzene rings is 1. The molecular weight excluding hydrogens is 392 g/mol. The summed E-state index contributed by atoms with van der Waals surface area (Å²) in [5.74, 6) is 0.970. The molecule has 3 aromatic rings. The summed E-state index contributed by atoms with van der Waals surface area (Å²) in [6.45, 7) is 2.88. The SMILES string of the molecule is Cn1c(CCC(N)=O)nn(C[NH+]2CCC[C@H](c3nc4ccccc4s3)C2)c1=S. The molecule has 2 atom stereocenters. The lowest BCUT2D eigenvalue weighted by Crippen LogP contribution is -3.12. The van der Waals surface area contributed by atoms with Gasteiger partial charge in [-0.1, -0.05) is 12.1 Å². The van der Waals surface area contributed by atoms with Gasteiger partial charge in [0.2, 0.25) is 10.7 Å². The fourth-order valence-electron chi connectivity index (χ4n) is 3.87. The van der Waals surface area contributed by atoms with Crippen molar-refractivity contribution in [1.29, 1.82) is 0 Å². The molecule has 0 bridgehead atoms. The lowest BCUT2D eigenvalue weighted by molar-refractivity contribution is -0.929. The minimum absolute atomic E-state index is 0.288. The van der Waals surface area contributed by atoms with Crippen LogP contribution in [0.3, 0.4) is 0 Å². The number of nitrogens with one attached hydrogen (secondary N) is 1. The van der Waals surface area contributed by atoms with E-state index in [1.165, 1.54) is 27.4 Å². The minimum atomic E-state index is -0.319. The van der Waals surface area contributed by atoms with Crippen LogP contribution in [0.5, 0.6) is 0 Å². The summed E-state index contributed by atoms with van der Waals surface area (Å²) >= 11 is 7.37. The summed E-state index contributed by atoms with van der Waals surface area (Å²) in [6.07, 6.45) is 3.16. The summed E-state index contributed by atoms with van der Waals surface area (Å²) < 4.78 is 5.72. The monoisotopic (exact) mass is 417 g/mol. The van der Waals surface area contributed by atoms with Crippen LogP contribution in [0.4, 0.5) is 0 Å². The fourth-order valence-corrected chi connectivity index (χ4v) is 5.18. The van der Waals surface area contributed by atoms with E-state index in [2.05, 4.69) is 23.3 Å². The molecule has 4 rings (SSSR count). The van der Waals surface area contributed by atoms with Crippen LogP contribution in [0.25, 0.3) is 10.2 Å². The van der Waals surface area contributed by atoms with Crippen molar-refractivity contribution < 1.29 is 9.69 Å². The Morgan fingerprint density at radius 2 is 2.25 bits per heavy atom. The van der Waals surface area contributed by atoms with Crippen molar-refractivity contribution in [2.75, 3.05) is 13.1 Å². The van der Waals surface area contributed by atoms with Gasteiger partial charge < -0.3 is 15.2 Å². The number of amides is 1. The summed E-state index contributed by atoms with van der Waals surface area (Å²) in [7, 11) is 1.90.